The second-order valence-electron chi connectivity index (χ2n) is 7.91. The number of aliphatic hydroxyl groups excluding tert-OH is 1. The van der Waals surface area contributed by atoms with Crippen LogP contribution >= 0.6 is 23.5 Å². The van der Waals surface area contributed by atoms with Crippen LogP contribution < -0.4 is 22.5 Å². The molecule has 0 spiro atoms. The van der Waals surface area contributed by atoms with E-state index in [1.165, 1.54) is 18.6 Å². The van der Waals surface area contributed by atoms with Crippen LogP contribution in [0.1, 0.15) is 11.9 Å². The third-order valence-electron chi connectivity index (χ3n) is 4.95. The molecule has 2 aromatic rings. The summed E-state index contributed by atoms with van der Waals surface area (Å²) in [5, 5.41) is 13.2. The van der Waals surface area contributed by atoms with Crippen molar-refractivity contribution in [2.45, 2.75) is 36.9 Å². The first-order chi connectivity index (χ1) is 18.0. The second kappa shape index (κ2) is 12.0. The molecule has 24 heteroatoms. The summed E-state index contributed by atoms with van der Waals surface area (Å²) in [5.74, 6) is -0.951. The quantitative estimate of drug-likeness (QED) is 0.108. The molecule has 1 fully saturated rings. The number of nitrogens with zero attached hydrogens (tertiary/aromatic N) is 3. The highest BCUT2D eigenvalue weighted by atomic mass is 31.3. The predicted octanol–water partition coefficient (Wildman–Crippen LogP) is -2.79. The number of imidazole rings is 1. The van der Waals surface area contributed by atoms with E-state index in [1.807, 2.05) is 0 Å². The van der Waals surface area contributed by atoms with Crippen molar-refractivity contribution < 1.29 is 61.1 Å². The first kappa shape index (κ1) is 31.2. The van der Waals surface area contributed by atoms with Crippen molar-refractivity contribution in [1.82, 2.24) is 24.8 Å². The van der Waals surface area contributed by atoms with Gasteiger partial charge in [-0.05, 0) is 6.07 Å². The largest absolute Gasteiger partial charge is 0.490 e. The maximum Gasteiger partial charge on any atom is 0.490 e. The van der Waals surface area contributed by atoms with E-state index in [0.29, 0.717) is 5.69 Å². The number of hydrogen-bond donors (Lipinski definition) is 9. The summed E-state index contributed by atoms with van der Waals surface area (Å²) in [7, 11) is -17.0. The molecule has 1 saturated heterocycles. The number of aromatic amines is 1. The number of rotatable bonds is 12. The molecule has 3 rings (SSSR count). The number of nitrogens with one attached hydrogen (secondary N) is 2. The molecule has 0 saturated carbocycles. The van der Waals surface area contributed by atoms with Crippen molar-refractivity contribution in [3.05, 3.63) is 41.0 Å². The number of nitrogens with two attached hydrogens (primary N) is 2. The molecular weight excluding hydrogens is 595 g/mol. The number of amides is 1. The Bertz CT molecular complexity index is 1370. The molecule has 39 heavy (non-hydrogen) atoms. The van der Waals surface area contributed by atoms with E-state index in [1.54, 1.807) is 0 Å². The molecule has 0 aliphatic carbocycles. The number of nitrogen functional groups attached to an aromatic ring is 1. The average Bonchev–Trinajstić information content (AvgIpc) is 3.38. The summed E-state index contributed by atoms with van der Waals surface area (Å²) >= 11 is 0. The standard InChI is InChI=1S/C15H24N7O14P3/c16-8(3-7-4-18-6-19-7)13(24)21-11-12(23)9(34-14(11)22-2-1-10(17)20-15(22)25)5-33-38(29,30)36-39(31,32)35-37(26,27)28/h1-2,4,6,8-9,11-12,14,23H,3,5,16H2,(H,18,19)(H,21,24)(H,29,30)(H,31,32)(H2,17,20,25)(H2,26,27,28)/t8?,9-,11-,12-,14-/m1/s1. The lowest BCUT2D eigenvalue weighted by molar-refractivity contribution is -0.124. The number of carbonyl (C=O) groups is 1. The van der Waals surface area contributed by atoms with Gasteiger partial charge in [0.2, 0.25) is 5.91 Å². The summed E-state index contributed by atoms with van der Waals surface area (Å²) in [4.78, 5) is 71.4. The maximum atomic E-state index is 12.7. The molecule has 7 atom stereocenters. The van der Waals surface area contributed by atoms with Crippen LogP contribution in [0, 0.1) is 0 Å². The van der Waals surface area contributed by atoms with Gasteiger partial charge < -0.3 is 51.2 Å². The van der Waals surface area contributed by atoms with Crippen molar-refractivity contribution in [3.63, 3.8) is 0 Å². The number of hydrogen-bond acceptors (Lipinski definition) is 14. The number of ether oxygens (including phenoxy) is 1. The van der Waals surface area contributed by atoms with Gasteiger partial charge in [0.05, 0.1) is 19.0 Å². The predicted molar refractivity (Wildman–Crippen MR) is 125 cm³/mol. The van der Waals surface area contributed by atoms with Crippen molar-refractivity contribution in [3.8, 4) is 0 Å². The summed E-state index contributed by atoms with van der Waals surface area (Å²) < 4.78 is 52.4. The van der Waals surface area contributed by atoms with E-state index >= 15 is 0 Å². The van der Waals surface area contributed by atoms with Crippen molar-refractivity contribution >= 4 is 35.2 Å². The van der Waals surface area contributed by atoms with Crippen molar-refractivity contribution in [2.24, 2.45) is 5.73 Å². The first-order valence-electron chi connectivity index (χ1n) is 10.5. The lowest BCUT2D eigenvalue weighted by Gasteiger charge is -2.24. The summed E-state index contributed by atoms with van der Waals surface area (Å²) in [6, 6.07) is -1.38. The minimum absolute atomic E-state index is 0.0129. The smallest absolute Gasteiger partial charge is 0.388 e. The maximum absolute atomic E-state index is 12.7. The summed E-state index contributed by atoms with van der Waals surface area (Å²) in [5.41, 5.74) is 11.0. The Morgan fingerprint density at radius 3 is 2.51 bits per heavy atom. The van der Waals surface area contributed by atoms with Crippen LogP contribution in [-0.4, -0.2) is 81.0 Å². The second-order valence-corrected chi connectivity index (χ2v) is 12.3. The van der Waals surface area contributed by atoms with Gasteiger partial charge >= 0.3 is 29.2 Å². The number of carbonyl (C=O) groups excluding carboxylic acids is 1. The molecule has 218 valence electrons. The highest BCUT2D eigenvalue weighted by Crippen LogP contribution is 2.66. The Balaban J connectivity index is 1.77. The summed E-state index contributed by atoms with van der Waals surface area (Å²) in [6.45, 7) is -1.06. The molecule has 0 bridgehead atoms. The highest BCUT2D eigenvalue weighted by Gasteiger charge is 2.48. The monoisotopic (exact) mass is 619 g/mol. The third kappa shape index (κ3) is 8.82. The van der Waals surface area contributed by atoms with Gasteiger partial charge in [-0.3, -0.25) is 13.9 Å². The van der Waals surface area contributed by atoms with Gasteiger partial charge in [-0.2, -0.15) is 13.6 Å². The first-order valence-corrected chi connectivity index (χ1v) is 15.0. The fraction of sp³-hybridized carbons (Fsp3) is 0.467. The molecule has 2 aromatic heterocycles. The molecule has 1 aliphatic rings. The minimum atomic E-state index is -5.80. The normalized spacial score (nSPS) is 25.5. The number of anilines is 1. The molecule has 1 amide bonds. The number of phosphoric ester groups is 1. The highest BCUT2D eigenvalue weighted by molar-refractivity contribution is 7.66. The number of H-pyrrole nitrogens is 1. The van der Waals surface area contributed by atoms with Gasteiger partial charge in [-0.15, -0.1) is 0 Å². The van der Waals surface area contributed by atoms with Crippen LogP contribution in [-0.2, 0) is 42.8 Å². The summed E-state index contributed by atoms with van der Waals surface area (Å²) in [6.07, 6.45) is -0.892. The van der Waals surface area contributed by atoms with Crippen LogP contribution in [0.25, 0.3) is 0 Å². The Hall–Kier alpha value is -2.35. The molecule has 21 nitrogen and oxygen atoms in total. The zero-order chi connectivity index (χ0) is 29.2. The Kier molecular flexibility index (Phi) is 9.62. The fourth-order valence-corrected chi connectivity index (χ4v) is 6.39. The van der Waals surface area contributed by atoms with Gasteiger partial charge in [0.25, 0.3) is 0 Å². The zero-order valence-electron chi connectivity index (χ0n) is 19.4. The topological polar surface area (TPSA) is 334 Å². The Labute approximate surface area is 217 Å². The molecule has 1 aliphatic heterocycles. The van der Waals surface area contributed by atoms with E-state index in [-0.39, 0.29) is 12.2 Å². The molecular formula is C15H24N7O14P3. The van der Waals surface area contributed by atoms with Crippen LogP contribution in [0.15, 0.2) is 29.6 Å². The van der Waals surface area contributed by atoms with Crippen LogP contribution in [0.4, 0.5) is 5.82 Å². The van der Waals surface area contributed by atoms with Gasteiger partial charge in [0.1, 0.15) is 24.1 Å². The minimum Gasteiger partial charge on any atom is -0.388 e. The zero-order valence-corrected chi connectivity index (χ0v) is 22.0. The van der Waals surface area contributed by atoms with E-state index < -0.39 is 72.2 Å². The van der Waals surface area contributed by atoms with Crippen LogP contribution in [0.2, 0.25) is 0 Å². The van der Waals surface area contributed by atoms with E-state index in [4.69, 9.17) is 26.0 Å². The van der Waals surface area contributed by atoms with Crippen LogP contribution in [0.5, 0.6) is 0 Å². The molecule has 0 radical (unpaired) electrons. The lowest BCUT2D eigenvalue weighted by atomic mass is 10.1. The van der Waals surface area contributed by atoms with Crippen molar-refractivity contribution in [1.29, 1.82) is 0 Å². The number of phosphoric acid groups is 3. The third-order valence-corrected chi connectivity index (χ3v) is 8.76. The molecule has 3 heterocycles. The lowest BCUT2D eigenvalue weighted by Crippen LogP contribution is -2.53. The molecule has 11 N–H and O–H groups in total. The average molecular weight is 619 g/mol. The SMILES string of the molecule is Nc1ccn([C@@H]2O[C@H](COP(=O)(O)OP(=O)(O)OP(=O)(O)O)[C@@H](O)[C@H]2NC(=O)C(N)Cc2cnc[nH]2)c(=O)n1. The Morgan fingerprint density at radius 2 is 1.92 bits per heavy atom. The van der Waals surface area contributed by atoms with Gasteiger partial charge in [0, 0.05) is 24.5 Å². The van der Waals surface area contributed by atoms with E-state index in [0.717, 1.165) is 10.8 Å². The van der Waals surface area contributed by atoms with Crippen LogP contribution in [0.3, 0.4) is 0 Å². The number of aliphatic hydroxyl groups is 1. The van der Waals surface area contributed by atoms with E-state index in [2.05, 4.69) is 33.4 Å². The molecule has 0 aromatic carbocycles. The number of aromatic nitrogens is 4. The van der Waals surface area contributed by atoms with E-state index in [9.17, 15) is 38.2 Å². The Morgan fingerprint density at radius 1 is 1.23 bits per heavy atom. The van der Waals surface area contributed by atoms with Gasteiger partial charge in [-0.1, -0.05) is 0 Å². The van der Waals surface area contributed by atoms with Gasteiger partial charge in [-0.25, -0.2) is 23.5 Å². The van der Waals surface area contributed by atoms with Gasteiger partial charge in [0.15, 0.2) is 6.23 Å². The fourth-order valence-electron chi connectivity index (χ4n) is 3.37. The molecule has 3 unspecified atom stereocenters. The van der Waals surface area contributed by atoms with Crippen molar-refractivity contribution in [2.75, 3.05) is 12.3 Å².